The van der Waals surface area contributed by atoms with E-state index in [2.05, 4.69) is 5.32 Å². The van der Waals surface area contributed by atoms with Crippen LogP contribution >= 0.6 is 0 Å². The summed E-state index contributed by atoms with van der Waals surface area (Å²) in [4.78, 5) is 27.9. The number of nitrogens with one attached hydrogen (secondary N) is 1. The number of sulfonamides is 1. The molecule has 0 spiro atoms. The zero-order valence-corrected chi connectivity index (χ0v) is 21.6. The van der Waals surface area contributed by atoms with Crippen molar-refractivity contribution in [3.63, 3.8) is 0 Å². The minimum Gasteiger partial charge on any atom is -0.352 e. The Hall–Kier alpha value is -2.94. The van der Waals surface area contributed by atoms with Gasteiger partial charge in [0.1, 0.15) is 18.4 Å². The van der Waals surface area contributed by atoms with Gasteiger partial charge in [-0.25, -0.2) is 12.8 Å². The number of anilines is 1. The van der Waals surface area contributed by atoms with E-state index in [0.29, 0.717) is 11.3 Å². The molecule has 1 fully saturated rings. The summed E-state index contributed by atoms with van der Waals surface area (Å²) in [6.45, 7) is 4.60. The fraction of sp³-hybridized carbons (Fsp3) is 0.462. The third-order valence-corrected chi connectivity index (χ3v) is 7.59. The molecule has 2 aromatic rings. The molecule has 2 amide bonds. The highest BCUT2D eigenvalue weighted by molar-refractivity contribution is 7.92. The SMILES string of the molecule is Cc1ccc(N(CC(=O)N(Cc2ccccc2F)[C@H](C)C(=O)NC2CCCC2)S(C)(=O)=O)c(C)c1. The van der Waals surface area contributed by atoms with Crippen LogP contribution in [0.5, 0.6) is 0 Å². The largest absolute Gasteiger partial charge is 0.352 e. The number of aryl methyl sites for hydroxylation is 2. The Balaban J connectivity index is 1.91. The van der Waals surface area contributed by atoms with E-state index in [4.69, 9.17) is 0 Å². The molecule has 1 N–H and O–H groups in total. The average molecular weight is 504 g/mol. The van der Waals surface area contributed by atoms with E-state index in [1.165, 1.54) is 11.0 Å². The molecule has 1 aliphatic carbocycles. The summed E-state index contributed by atoms with van der Waals surface area (Å²) >= 11 is 0. The lowest BCUT2D eigenvalue weighted by atomic mass is 10.1. The summed E-state index contributed by atoms with van der Waals surface area (Å²) in [7, 11) is -3.82. The highest BCUT2D eigenvalue weighted by Crippen LogP contribution is 2.25. The van der Waals surface area contributed by atoms with Gasteiger partial charge in [0.15, 0.2) is 0 Å². The summed E-state index contributed by atoms with van der Waals surface area (Å²) in [6.07, 6.45) is 4.88. The number of hydrogen-bond donors (Lipinski definition) is 1. The Labute approximate surface area is 207 Å². The Morgan fingerprint density at radius 2 is 1.77 bits per heavy atom. The number of rotatable bonds is 9. The van der Waals surface area contributed by atoms with Crippen LogP contribution in [0, 0.1) is 19.7 Å². The maximum Gasteiger partial charge on any atom is 0.244 e. The molecule has 1 aliphatic rings. The zero-order chi connectivity index (χ0) is 25.8. The van der Waals surface area contributed by atoms with Crippen molar-refractivity contribution in [1.82, 2.24) is 10.2 Å². The van der Waals surface area contributed by atoms with Gasteiger partial charge in [-0.15, -0.1) is 0 Å². The number of halogens is 1. The summed E-state index contributed by atoms with van der Waals surface area (Å²) < 4.78 is 40.9. The van der Waals surface area contributed by atoms with E-state index in [1.54, 1.807) is 44.2 Å². The number of hydrogen-bond acceptors (Lipinski definition) is 4. The lowest BCUT2D eigenvalue weighted by Gasteiger charge is -2.32. The highest BCUT2D eigenvalue weighted by atomic mass is 32.2. The third kappa shape index (κ3) is 6.81. The van der Waals surface area contributed by atoms with Crippen molar-refractivity contribution in [3.8, 4) is 0 Å². The Morgan fingerprint density at radius 1 is 1.11 bits per heavy atom. The van der Waals surface area contributed by atoms with Crippen molar-refractivity contribution >= 4 is 27.5 Å². The molecular formula is C26H34FN3O4S. The second-order valence-electron chi connectivity index (χ2n) is 9.34. The summed E-state index contributed by atoms with van der Waals surface area (Å²) in [6, 6.07) is 10.5. The van der Waals surface area contributed by atoms with Crippen molar-refractivity contribution in [3.05, 3.63) is 65.0 Å². The first kappa shape index (κ1) is 26.7. The lowest BCUT2D eigenvalue weighted by molar-refractivity contribution is -0.139. The van der Waals surface area contributed by atoms with Crippen LogP contribution in [-0.2, 0) is 26.2 Å². The highest BCUT2D eigenvalue weighted by Gasteiger charge is 2.32. The Bertz CT molecular complexity index is 1180. The van der Waals surface area contributed by atoms with Crippen LogP contribution in [0.15, 0.2) is 42.5 Å². The first-order valence-electron chi connectivity index (χ1n) is 11.9. The van der Waals surface area contributed by atoms with Gasteiger partial charge in [-0.1, -0.05) is 48.7 Å². The normalized spacial score (nSPS) is 15.0. The molecule has 0 heterocycles. The molecule has 1 atom stereocenters. The standard InChI is InChI=1S/C26H34FN3O4S/c1-18-13-14-24(19(2)15-18)30(35(4,33)34)17-25(31)29(16-21-9-5-8-12-23(21)27)20(3)26(32)28-22-10-6-7-11-22/h5,8-9,12-15,20,22H,6-7,10-11,16-17H2,1-4H3,(H,28,32)/t20-/m1/s1. The molecule has 0 aromatic heterocycles. The van der Waals surface area contributed by atoms with E-state index in [9.17, 15) is 22.4 Å². The molecule has 7 nitrogen and oxygen atoms in total. The maximum absolute atomic E-state index is 14.5. The minimum absolute atomic E-state index is 0.0538. The van der Waals surface area contributed by atoms with E-state index in [0.717, 1.165) is 41.8 Å². The first-order valence-corrected chi connectivity index (χ1v) is 13.7. The van der Waals surface area contributed by atoms with Crippen LogP contribution in [0.3, 0.4) is 0 Å². The smallest absolute Gasteiger partial charge is 0.244 e. The van der Waals surface area contributed by atoms with Gasteiger partial charge in [0.25, 0.3) is 0 Å². The van der Waals surface area contributed by atoms with Gasteiger partial charge >= 0.3 is 0 Å². The molecule has 35 heavy (non-hydrogen) atoms. The monoisotopic (exact) mass is 503 g/mol. The minimum atomic E-state index is -3.82. The maximum atomic E-state index is 14.5. The quantitative estimate of drug-likeness (QED) is 0.566. The van der Waals surface area contributed by atoms with Crippen molar-refractivity contribution in [1.29, 1.82) is 0 Å². The fourth-order valence-electron chi connectivity index (χ4n) is 4.46. The first-order chi connectivity index (χ1) is 16.5. The third-order valence-electron chi connectivity index (χ3n) is 6.47. The molecule has 190 valence electrons. The van der Waals surface area contributed by atoms with Crippen molar-refractivity contribution in [2.45, 2.75) is 65.1 Å². The molecule has 2 aromatic carbocycles. The van der Waals surface area contributed by atoms with E-state index in [-0.39, 0.29) is 24.1 Å². The molecule has 0 aliphatic heterocycles. The van der Waals surface area contributed by atoms with Crippen LogP contribution in [0.1, 0.15) is 49.3 Å². The molecule has 0 bridgehead atoms. The lowest BCUT2D eigenvalue weighted by Crippen LogP contribution is -2.52. The zero-order valence-electron chi connectivity index (χ0n) is 20.8. The molecule has 0 unspecified atom stereocenters. The van der Waals surface area contributed by atoms with Gasteiger partial charge in [0.2, 0.25) is 21.8 Å². The van der Waals surface area contributed by atoms with E-state index >= 15 is 0 Å². The van der Waals surface area contributed by atoms with Crippen molar-refractivity contribution in [2.75, 3.05) is 17.1 Å². The van der Waals surface area contributed by atoms with Gasteiger partial charge in [0.05, 0.1) is 11.9 Å². The molecule has 0 radical (unpaired) electrons. The van der Waals surface area contributed by atoms with Crippen molar-refractivity contribution < 1.29 is 22.4 Å². The van der Waals surface area contributed by atoms with Crippen molar-refractivity contribution in [2.24, 2.45) is 0 Å². The molecule has 0 saturated heterocycles. The van der Waals surface area contributed by atoms with Crippen LogP contribution in [0.4, 0.5) is 10.1 Å². The Kier molecular flexibility index (Phi) is 8.53. The number of amides is 2. The van der Waals surface area contributed by atoms with E-state index in [1.807, 2.05) is 13.0 Å². The number of benzene rings is 2. The molecule has 9 heteroatoms. The van der Waals surface area contributed by atoms with Crippen LogP contribution in [-0.4, -0.2) is 50.0 Å². The van der Waals surface area contributed by atoms with Gasteiger partial charge in [-0.2, -0.15) is 0 Å². The number of carbonyl (C=O) groups excluding carboxylic acids is 2. The van der Waals surface area contributed by atoms with Gasteiger partial charge in [0, 0.05) is 18.2 Å². The van der Waals surface area contributed by atoms with Crippen LogP contribution in [0.2, 0.25) is 0 Å². The van der Waals surface area contributed by atoms with E-state index < -0.39 is 34.3 Å². The second-order valence-corrected chi connectivity index (χ2v) is 11.2. The summed E-state index contributed by atoms with van der Waals surface area (Å²) in [5.74, 6) is -1.42. The number of carbonyl (C=O) groups is 2. The molecule has 1 saturated carbocycles. The van der Waals surface area contributed by atoms with Gasteiger partial charge in [-0.3, -0.25) is 13.9 Å². The number of nitrogens with zero attached hydrogens (tertiary/aromatic N) is 2. The Morgan fingerprint density at radius 3 is 2.37 bits per heavy atom. The average Bonchev–Trinajstić information content (AvgIpc) is 3.29. The second kappa shape index (κ2) is 11.2. The van der Waals surface area contributed by atoms with Gasteiger partial charge < -0.3 is 10.2 Å². The molecular weight excluding hydrogens is 469 g/mol. The predicted molar refractivity (Wildman–Crippen MR) is 135 cm³/mol. The summed E-state index contributed by atoms with van der Waals surface area (Å²) in [5.41, 5.74) is 2.31. The predicted octanol–water partition coefficient (Wildman–Crippen LogP) is 3.68. The molecule has 3 rings (SSSR count). The van der Waals surface area contributed by atoms with Gasteiger partial charge in [-0.05, 0) is 51.3 Å². The summed E-state index contributed by atoms with van der Waals surface area (Å²) in [5, 5.41) is 2.99. The fourth-order valence-corrected chi connectivity index (χ4v) is 5.37. The van der Waals surface area contributed by atoms with Crippen LogP contribution < -0.4 is 9.62 Å². The van der Waals surface area contributed by atoms with Crippen LogP contribution in [0.25, 0.3) is 0 Å². The topological polar surface area (TPSA) is 86.8 Å².